The number of piperidine rings is 1. The van der Waals surface area contributed by atoms with E-state index in [0.717, 1.165) is 32.5 Å². The quantitative estimate of drug-likeness (QED) is 0.803. The third-order valence-corrected chi connectivity index (χ3v) is 3.49. The second-order valence-corrected chi connectivity index (χ2v) is 5.38. The highest BCUT2D eigenvalue weighted by molar-refractivity contribution is 5.80. The average Bonchev–Trinajstić information content (AvgIpc) is 2.35. The predicted octanol–water partition coefficient (Wildman–Crippen LogP) is 0.787. The van der Waals surface area contributed by atoms with Crippen molar-refractivity contribution >= 4 is 12.0 Å². The van der Waals surface area contributed by atoms with Crippen LogP contribution in [0.4, 0.5) is 4.79 Å². The average molecular weight is 271 g/mol. The number of carboxylic acid groups (broad SMARTS) is 1. The van der Waals surface area contributed by atoms with E-state index < -0.39 is 5.97 Å². The highest BCUT2D eigenvalue weighted by Gasteiger charge is 2.26. The summed E-state index contributed by atoms with van der Waals surface area (Å²) in [7, 11) is 4.12. The van der Waals surface area contributed by atoms with Crippen LogP contribution in [0.1, 0.15) is 19.8 Å². The zero-order chi connectivity index (χ0) is 14.4. The van der Waals surface area contributed by atoms with Crippen LogP contribution in [0.3, 0.4) is 0 Å². The van der Waals surface area contributed by atoms with E-state index in [-0.39, 0.29) is 12.6 Å². The van der Waals surface area contributed by atoms with E-state index >= 15 is 0 Å². The Labute approximate surface area is 115 Å². The van der Waals surface area contributed by atoms with Gasteiger partial charge in [0, 0.05) is 26.2 Å². The molecule has 110 valence electrons. The molecule has 0 saturated carbocycles. The Hall–Kier alpha value is -1.30. The van der Waals surface area contributed by atoms with Crippen LogP contribution in [0.5, 0.6) is 0 Å². The minimum absolute atomic E-state index is 0.145. The standard InChI is InChI=1S/C13H25N3O3/c1-4-15(10-12(17)18)13(19)16-7-5-11(6-8-16)9-14(2)3/h11H,4-10H2,1-3H3,(H,17,18). The molecule has 6 heteroatoms. The van der Waals surface area contributed by atoms with Crippen molar-refractivity contribution in [2.45, 2.75) is 19.8 Å². The number of carbonyl (C=O) groups excluding carboxylic acids is 1. The molecule has 0 atom stereocenters. The first-order chi connectivity index (χ1) is 8.93. The van der Waals surface area contributed by atoms with Gasteiger partial charge in [-0.2, -0.15) is 0 Å². The van der Waals surface area contributed by atoms with Crippen molar-refractivity contribution in [3.63, 3.8) is 0 Å². The van der Waals surface area contributed by atoms with E-state index in [1.54, 1.807) is 11.8 Å². The molecule has 0 aromatic rings. The van der Waals surface area contributed by atoms with Gasteiger partial charge in [0.2, 0.25) is 0 Å². The molecule has 1 saturated heterocycles. The summed E-state index contributed by atoms with van der Waals surface area (Å²) in [6, 6.07) is -0.145. The summed E-state index contributed by atoms with van der Waals surface area (Å²) in [5.74, 6) is -0.328. The van der Waals surface area contributed by atoms with E-state index in [9.17, 15) is 9.59 Å². The van der Waals surface area contributed by atoms with E-state index in [0.29, 0.717) is 12.5 Å². The van der Waals surface area contributed by atoms with E-state index in [2.05, 4.69) is 19.0 Å². The number of carboxylic acids is 1. The molecule has 6 nitrogen and oxygen atoms in total. The van der Waals surface area contributed by atoms with Crippen LogP contribution in [0, 0.1) is 5.92 Å². The van der Waals surface area contributed by atoms with Gasteiger partial charge in [-0.3, -0.25) is 4.79 Å². The fraction of sp³-hybridized carbons (Fsp3) is 0.846. The Kier molecular flexibility index (Phi) is 6.08. The molecule has 2 amide bonds. The molecule has 1 aliphatic rings. The molecular weight excluding hydrogens is 246 g/mol. The summed E-state index contributed by atoms with van der Waals surface area (Å²) in [6.45, 7) is 4.53. The zero-order valence-corrected chi connectivity index (χ0v) is 12.1. The molecule has 1 fully saturated rings. The van der Waals surface area contributed by atoms with Gasteiger partial charge in [-0.05, 0) is 39.8 Å². The Bertz CT molecular complexity index is 312. The lowest BCUT2D eigenvalue weighted by molar-refractivity contribution is -0.137. The number of carbonyl (C=O) groups is 2. The van der Waals surface area contributed by atoms with Crippen LogP contribution < -0.4 is 0 Å². The maximum Gasteiger partial charge on any atom is 0.323 e. The lowest BCUT2D eigenvalue weighted by Gasteiger charge is -2.35. The van der Waals surface area contributed by atoms with Gasteiger partial charge in [-0.25, -0.2) is 4.79 Å². The molecular formula is C13H25N3O3. The summed E-state index contributed by atoms with van der Waals surface area (Å²) < 4.78 is 0. The molecule has 0 aromatic heterocycles. The number of likely N-dealkylation sites (tertiary alicyclic amines) is 1. The number of nitrogens with zero attached hydrogens (tertiary/aromatic N) is 3. The Morgan fingerprint density at radius 1 is 1.26 bits per heavy atom. The number of likely N-dealkylation sites (N-methyl/N-ethyl adjacent to an activating group) is 1. The van der Waals surface area contributed by atoms with Crippen molar-refractivity contribution in [3.8, 4) is 0 Å². The van der Waals surface area contributed by atoms with Crippen LogP contribution in [-0.4, -0.2) is 78.6 Å². The van der Waals surface area contributed by atoms with E-state index in [1.807, 2.05) is 0 Å². The summed E-state index contributed by atoms with van der Waals surface area (Å²) in [6.07, 6.45) is 1.99. The van der Waals surface area contributed by atoms with Crippen molar-refractivity contribution in [1.29, 1.82) is 0 Å². The third-order valence-electron chi connectivity index (χ3n) is 3.49. The summed E-state index contributed by atoms with van der Waals surface area (Å²) >= 11 is 0. The van der Waals surface area contributed by atoms with Crippen LogP contribution in [0.25, 0.3) is 0 Å². The fourth-order valence-corrected chi connectivity index (χ4v) is 2.50. The van der Waals surface area contributed by atoms with Crippen molar-refractivity contribution in [2.24, 2.45) is 5.92 Å². The maximum atomic E-state index is 12.2. The molecule has 19 heavy (non-hydrogen) atoms. The summed E-state index contributed by atoms with van der Waals surface area (Å²) in [4.78, 5) is 28.2. The van der Waals surface area contributed by atoms with Crippen LogP contribution >= 0.6 is 0 Å². The van der Waals surface area contributed by atoms with Gasteiger partial charge in [-0.1, -0.05) is 0 Å². The first kappa shape index (κ1) is 15.8. The van der Waals surface area contributed by atoms with Gasteiger partial charge in [0.05, 0.1) is 0 Å². The lowest BCUT2D eigenvalue weighted by Crippen LogP contribution is -2.48. The van der Waals surface area contributed by atoms with Crippen molar-refractivity contribution in [3.05, 3.63) is 0 Å². The monoisotopic (exact) mass is 271 g/mol. The molecule has 0 aliphatic carbocycles. The molecule has 1 rings (SSSR count). The molecule has 1 aliphatic heterocycles. The topological polar surface area (TPSA) is 64.1 Å². The largest absolute Gasteiger partial charge is 0.480 e. The molecule has 0 aromatic carbocycles. The SMILES string of the molecule is CCN(CC(=O)O)C(=O)N1CCC(CN(C)C)CC1. The zero-order valence-electron chi connectivity index (χ0n) is 12.1. The number of hydrogen-bond acceptors (Lipinski definition) is 3. The van der Waals surface area contributed by atoms with Crippen molar-refractivity contribution < 1.29 is 14.7 Å². The lowest BCUT2D eigenvalue weighted by atomic mass is 9.96. The highest BCUT2D eigenvalue weighted by atomic mass is 16.4. The Balaban J connectivity index is 2.45. The molecule has 0 radical (unpaired) electrons. The minimum atomic E-state index is -0.960. The van der Waals surface area contributed by atoms with Crippen molar-refractivity contribution in [1.82, 2.24) is 14.7 Å². The molecule has 1 N–H and O–H groups in total. The minimum Gasteiger partial charge on any atom is -0.480 e. The first-order valence-corrected chi connectivity index (χ1v) is 6.84. The molecule has 1 heterocycles. The van der Waals surface area contributed by atoms with Crippen LogP contribution in [-0.2, 0) is 4.79 Å². The number of aliphatic carboxylic acids is 1. The highest BCUT2D eigenvalue weighted by Crippen LogP contribution is 2.18. The first-order valence-electron chi connectivity index (χ1n) is 6.84. The second kappa shape index (κ2) is 7.33. The Morgan fingerprint density at radius 3 is 2.26 bits per heavy atom. The predicted molar refractivity (Wildman–Crippen MR) is 73.1 cm³/mol. The normalized spacial score (nSPS) is 16.7. The summed E-state index contributed by atoms with van der Waals surface area (Å²) in [5, 5.41) is 8.79. The van der Waals surface area contributed by atoms with Gasteiger partial charge in [0.15, 0.2) is 0 Å². The van der Waals surface area contributed by atoms with Gasteiger partial charge in [-0.15, -0.1) is 0 Å². The van der Waals surface area contributed by atoms with Crippen molar-refractivity contribution in [2.75, 3.05) is 46.8 Å². The number of hydrogen-bond donors (Lipinski definition) is 1. The molecule has 0 spiro atoms. The number of urea groups is 1. The van der Waals surface area contributed by atoms with E-state index in [4.69, 9.17) is 5.11 Å². The van der Waals surface area contributed by atoms with Gasteiger partial charge < -0.3 is 19.8 Å². The van der Waals surface area contributed by atoms with Crippen LogP contribution in [0.15, 0.2) is 0 Å². The van der Waals surface area contributed by atoms with Gasteiger partial charge in [0.25, 0.3) is 0 Å². The second-order valence-electron chi connectivity index (χ2n) is 5.38. The van der Waals surface area contributed by atoms with E-state index in [1.165, 1.54) is 4.90 Å². The van der Waals surface area contributed by atoms with Gasteiger partial charge >= 0.3 is 12.0 Å². The molecule has 0 unspecified atom stereocenters. The fourth-order valence-electron chi connectivity index (χ4n) is 2.50. The smallest absolute Gasteiger partial charge is 0.323 e. The Morgan fingerprint density at radius 2 is 1.84 bits per heavy atom. The summed E-state index contributed by atoms with van der Waals surface area (Å²) in [5.41, 5.74) is 0. The molecule has 0 bridgehead atoms. The number of amides is 2. The van der Waals surface area contributed by atoms with Crippen LogP contribution in [0.2, 0.25) is 0 Å². The van der Waals surface area contributed by atoms with Gasteiger partial charge in [0.1, 0.15) is 6.54 Å². The maximum absolute atomic E-state index is 12.2. The third kappa shape index (κ3) is 5.06. The number of rotatable bonds is 5.